The number of nitrogens with zero attached hydrogens (tertiary/aromatic N) is 2. The Morgan fingerprint density at radius 1 is 1.26 bits per heavy atom. The Morgan fingerprint density at radius 2 is 1.79 bits per heavy atom. The Morgan fingerprint density at radius 3 is 2.21 bits per heavy atom. The van der Waals surface area contributed by atoms with E-state index in [2.05, 4.69) is 4.74 Å². The van der Waals surface area contributed by atoms with Crippen molar-refractivity contribution in [2.24, 2.45) is 0 Å². The third kappa shape index (κ3) is 3.16. The van der Waals surface area contributed by atoms with Crippen LogP contribution >= 0.6 is 0 Å². The normalized spacial score (nSPS) is 23.2. The molecular weight excluding hydrogens is 276 g/mol. The molecule has 1 unspecified atom stereocenters. The first-order valence-corrected chi connectivity index (χ1v) is 6.97. The highest BCUT2D eigenvalue weighted by atomic mass is 32.2. The van der Waals surface area contributed by atoms with Crippen LogP contribution in [0.15, 0.2) is 0 Å². The van der Waals surface area contributed by atoms with Gasteiger partial charge in [-0.2, -0.15) is 17.0 Å². The second-order valence-electron chi connectivity index (χ2n) is 5.07. The molecule has 0 aromatic heterocycles. The number of methoxy groups -OCH3 is 1. The second-order valence-corrected chi connectivity index (χ2v) is 6.99. The van der Waals surface area contributed by atoms with E-state index in [1.165, 1.54) is 7.05 Å². The molecule has 9 heteroatoms. The molecule has 0 aromatic carbocycles. The lowest BCUT2D eigenvalue weighted by atomic mass is 10.2. The van der Waals surface area contributed by atoms with Gasteiger partial charge in [0.25, 0.3) is 0 Å². The van der Waals surface area contributed by atoms with Gasteiger partial charge in [0.05, 0.1) is 13.7 Å². The maximum atomic E-state index is 12.0. The number of hydrogen-bond acceptors (Lipinski definition) is 6. The van der Waals surface area contributed by atoms with Gasteiger partial charge in [0, 0.05) is 7.05 Å². The summed E-state index contributed by atoms with van der Waals surface area (Å²) >= 11 is 0. The fraction of sp³-hybridized carbons (Fsp3) is 0.800. The number of carbonyl (C=O) groups is 2. The smallest absolute Gasteiger partial charge is 0.425 e. The minimum Gasteiger partial charge on any atom is -0.468 e. The summed E-state index contributed by atoms with van der Waals surface area (Å²) in [5.74, 6) is -0.725. The lowest BCUT2D eigenvalue weighted by Crippen LogP contribution is -2.39. The van der Waals surface area contributed by atoms with Gasteiger partial charge in [0.2, 0.25) is 0 Å². The van der Waals surface area contributed by atoms with Crippen LogP contribution in [-0.4, -0.2) is 61.4 Å². The topological polar surface area (TPSA) is 93.2 Å². The Balaban J connectivity index is 2.98. The molecule has 1 rings (SSSR count). The molecule has 0 saturated carbocycles. The molecule has 1 aliphatic rings. The van der Waals surface area contributed by atoms with Gasteiger partial charge in [-0.1, -0.05) is 0 Å². The van der Waals surface area contributed by atoms with Gasteiger partial charge in [-0.25, -0.2) is 4.79 Å². The molecule has 0 aromatic rings. The van der Waals surface area contributed by atoms with Gasteiger partial charge in [-0.3, -0.25) is 4.79 Å². The van der Waals surface area contributed by atoms with E-state index in [1.807, 2.05) is 0 Å². The molecule has 1 fully saturated rings. The fourth-order valence-corrected chi connectivity index (χ4v) is 2.86. The first kappa shape index (κ1) is 15.7. The summed E-state index contributed by atoms with van der Waals surface area (Å²) in [4.78, 5) is 23.3. The van der Waals surface area contributed by atoms with Crippen LogP contribution in [0.5, 0.6) is 0 Å². The van der Waals surface area contributed by atoms with E-state index in [1.54, 1.807) is 20.8 Å². The van der Waals surface area contributed by atoms with Crippen LogP contribution in [-0.2, 0) is 24.5 Å². The molecule has 1 amide bonds. The van der Waals surface area contributed by atoms with Gasteiger partial charge in [-0.15, -0.1) is 0 Å². The molecule has 0 bridgehead atoms. The SMILES string of the molecule is COC(=O)C1CN(C(=O)OC(C)(C)C)S(=O)(=O)N1C. The van der Waals surface area contributed by atoms with Crippen molar-refractivity contribution >= 4 is 22.3 Å². The molecule has 1 atom stereocenters. The van der Waals surface area contributed by atoms with Crippen molar-refractivity contribution in [2.75, 3.05) is 20.7 Å². The molecule has 0 radical (unpaired) electrons. The minimum atomic E-state index is -4.05. The maximum absolute atomic E-state index is 12.0. The van der Waals surface area contributed by atoms with E-state index in [0.29, 0.717) is 4.31 Å². The average molecular weight is 294 g/mol. The number of likely N-dealkylation sites (N-methyl/N-ethyl adjacent to an activating group) is 1. The van der Waals surface area contributed by atoms with Crippen molar-refractivity contribution in [3.8, 4) is 0 Å². The van der Waals surface area contributed by atoms with Crippen LogP contribution in [0, 0.1) is 0 Å². The molecule has 8 nitrogen and oxygen atoms in total. The van der Waals surface area contributed by atoms with Gasteiger partial charge < -0.3 is 9.47 Å². The summed E-state index contributed by atoms with van der Waals surface area (Å²) < 4.78 is 34.8. The molecule has 1 aliphatic heterocycles. The highest BCUT2D eigenvalue weighted by molar-refractivity contribution is 7.87. The van der Waals surface area contributed by atoms with Crippen molar-refractivity contribution in [3.63, 3.8) is 0 Å². The Bertz CT molecular complexity index is 481. The van der Waals surface area contributed by atoms with Crippen molar-refractivity contribution in [2.45, 2.75) is 32.4 Å². The monoisotopic (exact) mass is 294 g/mol. The molecule has 0 N–H and O–H groups in total. The minimum absolute atomic E-state index is 0.319. The summed E-state index contributed by atoms with van der Waals surface area (Å²) in [6.45, 7) is 4.54. The van der Waals surface area contributed by atoms with Gasteiger partial charge in [0.15, 0.2) is 0 Å². The molecule has 1 saturated heterocycles. The lowest BCUT2D eigenvalue weighted by Gasteiger charge is -2.23. The van der Waals surface area contributed by atoms with Crippen LogP contribution in [0.4, 0.5) is 4.79 Å². The van der Waals surface area contributed by atoms with E-state index >= 15 is 0 Å². The van der Waals surface area contributed by atoms with Crippen LogP contribution in [0.25, 0.3) is 0 Å². The number of carbonyl (C=O) groups excluding carboxylic acids is 2. The van der Waals surface area contributed by atoms with Crippen molar-refractivity contribution < 1.29 is 27.5 Å². The van der Waals surface area contributed by atoms with E-state index < -0.39 is 33.9 Å². The third-order valence-electron chi connectivity index (χ3n) is 2.49. The fourth-order valence-electron chi connectivity index (χ4n) is 1.52. The third-order valence-corrected chi connectivity index (χ3v) is 4.33. The van der Waals surface area contributed by atoms with E-state index in [0.717, 1.165) is 11.4 Å². The largest absolute Gasteiger partial charge is 0.468 e. The van der Waals surface area contributed by atoms with E-state index in [9.17, 15) is 18.0 Å². The summed E-state index contributed by atoms with van der Waals surface area (Å²) in [7, 11) is -1.69. The predicted molar refractivity (Wildman–Crippen MR) is 65.4 cm³/mol. The average Bonchev–Trinajstić information content (AvgIpc) is 2.48. The zero-order valence-electron chi connectivity index (χ0n) is 11.5. The highest BCUT2D eigenvalue weighted by Gasteiger charge is 2.49. The number of amides is 1. The van der Waals surface area contributed by atoms with Crippen molar-refractivity contribution in [3.05, 3.63) is 0 Å². The summed E-state index contributed by atoms with van der Waals surface area (Å²) in [6, 6.07) is -1.05. The van der Waals surface area contributed by atoms with Gasteiger partial charge in [0.1, 0.15) is 11.6 Å². The number of hydrogen-bond donors (Lipinski definition) is 0. The first-order chi connectivity index (χ1) is 8.50. The quantitative estimate of drug-likeness (QED) is 0.630. The zero-order valence-corrected chi connectivity index (χ0v) is 12.4. The van der Waals surface area contributed by atoms with Crippen LogP contribution in [0.3, 0.4) is 0 Å². The van der Waals surface area contributed by atoms with Crippen LogP contribution in [0.1, 0.15) is 20.8 Å². The number of ether oxygens (including phenoxy) is 2. The standard InChI is InChI=1S/C10H18N2O6S/c1-10(2,3)18-9(14)12-6-7(8(13)17-5)11(4)19(12,15)16/h7H,6H2,1-5H3. The van der Waals surface area contributed by atoms with Crippen molar-refractivity contribution in [1.82, 2.24) is 8.61 Å². The molecule has 0 aliphatic carbocycles. The second kappa shape index (κ2) is 4.97. The number of rotatable bonds is 1. The van der Waals surface area contributed by atoms with Crippen molar-refractivity contribution in [1.29, 1.82) is 0 Å². The lowest BCUT2D eigenvalue weighted by molar-refractivity contribution is -0.144. The Labute approximate surface area is 112 Å². The highest BCUT2D eigenvalue weighted by Crippen LogP contribution is 2.23. The van der Waals surface area contributed by atoms with Gasteiger partial charge >= 0.3 is 22.3 Å². The summed E-state index contributed by atoms with van der Waals surface area (Å²) in [5.41, 5.74) is -0.825. The first-order valence-electron chi connectivity index (χ1n) is 5.57. The van der Waals surface area contributed by atoms with Crippen LogP contribution < -0.4 is 0 Å². The Kier molecular flexibility index (Phi) is 4.11. The Hall–Kier alpha value is -1.35. The molecule has 19 heavy (non-hydrogen) atoms. The molecular formula is C10H18N2O6S. The summed E-state index contributed by atoms with van der Waals surface area (Å²) in [5, 5.41) is 0. The van der Waals surface area contributed by atoms with Gasteiger partial charge in [-0.05, 0) is 20.8 Å². The molecule has 110 valence electrons. The van der Waals surface area contributed by atoms with E-state index in [-0.39, 0.29) is 6.54 Å². The van der Waals surface area contributed by atoms with Crippen LogP contribution in [0.2, 0.25) is 0 Å². The predicted octanol–water partition coefficient (Wildman–Crippen LogP) is -0.0447. The van der Waals surface area contributed by atoms with E-state index in [4.69, 9.17) is 4.74 Å². The molecule has 1 heterocycles. The zero-order chi connectivity index (χ0) is 15.0. The number of esters is 1. The molecule has 0 spiro atoms. The maximum Gasteiger partial charge on any atom is 0.425 e. The summed E-state index contributed by atoms with van der Waals surface area (Å²) in [6.07, 6.45) is -1.01.